The van der Waals surface area contributed by atoms with E-state index in [-0.39, 0.29) is 19.0 Å². The molecule has 1 atom stereocenters. The van der Waals surface area contributed by atoms with Gasteiger partial charge >= 0.3 is 17.9 Å². The third kappa shape index (κ3) is 3.91. The van der Waals surface area contributed by atoms with Crippen LogP contribution in [0, 0.1) is 0 Å². The standard InChI is InChI=1S/C19H17F3N4O3/c1-2-29-17(28)25-18(19(20,21)22)16(27)26(12-13-8-10-23-11-9-13)15(24-18)14-6-4-3-5-7-14/h3-11H,2,12H2,1H3,(H,25,28)/t18-/m1/s1. The van der Waals surface area contributed by atoms with Gasteiger partial charge in [0.15, 0.2) is 0 Å². The summed E-state index contributed by atoms with van der Waals surface area (Å²) < 4.78 is 46.7. The summed E-state index contributed by atoms with van der Waals surface area (Å²) in [7, 11) is 0. The number of amides is 2. The van der Waals surface area contributed by atoms with Crippen molar-refractivity contribution < 1.29 is 27.5 Å². The Balaban J connectivity index is 2.10. The van der Waals surface area contributed by atoms with Gasteiger partial charge in [-0.05, 0) is 24.6 Å². The molecule has 0 fully saturated rings. The number of benzene rings is 1. The SMILES string of the molecule is CCOC(=O)N[C@]1(C(F)(F)F)N=C(c2ccccc2)N(Cc2ccncc2)C1=O. The lowest BCUT2D eigenvalue weighted by Crippen LogP contribution is -2.63. The molecule has 7 nitrogen and oxygen atoms in total. The molecule has 2 aromatic rings. The minimum absolute atomic E-state index is 0.163. The summed E-state index contributed by atoms with van der Waals surface area (Å²) in [6.07, 6.45) is -3.66. The predicted molar refractivity (Wildman–Crippen MR) is 96.7 cm³/mol. The largest absolute Gasteiger partial charge is 0.450 e. The Hall–Kier alpha value is -3.43. The van der Waals surface area contributed by atoms with Gasteiger partial charge in [0.1, 0.15) is 5.84 Å². The van der Waals surface area contributed by atoms with Gasteiger partial charge in [0, 0.05) is 18.0 Å². The monoisotopic (exact) mass is 406 g/mol. The lowest BCUT2D eigenvalue weighted by molar-refractivity contribution is -0.197. The Kier molecular flexibility index (Phi) is 5.53. The average Bonchev–Trinajstić information content (AvgIpc) is 2.97. The third-order valence-corrected chi connectivity index (χ3v) is 4.17. The third-order valence-electron chi connectivity index (χ3n) is 4.17. The van der Waals surface area contributed by atoms with E-state index in [2.05, 4.69) is 14.7 Å². The summed E-state index contributed by atoms with van der Waals surface area (Å²) in [6, 6.07) is 11.1. The second-order valence-corrected chi connectivity index (χ2v) is 6.10. The highest BCUT2D eigenvalue weighted by Gasteiger charge is 2.67. The number of ether oxygens (including phenoxy) is 1. The topological polar surface area (TPSA) is 83.9 Å². The molecule has 0 radical (unpaired) electrons. The average molecular weight is 406 g/mol. The molecular weight excluding hydrogens is 389 g/mol. The van der Waals surface area contributed by atoms with Crippen molar-refractivity contribution in [2.45, 2.75) is 25.3 Å². The summed E-state index contributed by atoms with van der Waals surface area (Å²) in [5, 5.41) is 1.62. The van der Waals surface area contributed by atoms with Crippen LogP contribution < -0.4 is 5.32 Å². The van der Waals surface area contributed by atoms with Crippen LogP contribution in [0.25, 0.3) is 0 Å². The molecule has 1 aromatic carbocycles. The van der Waals surface area contributed by atoms with Crippen molar-refractivity contribution in [2.24, 2.45) is 4.99 Å². The lowest BCUT2D eigenvalue weighted by Gasteiger charge is -2.28. The number of alkyl carbamates (subject to hydrolysis) is 1. The smallest absolute Gasteiger partial charge is 0.442 e. The van der Waals surface area contributed by atoms with E-state index in [0.29, 0.717) is 11.1 Å². The molecular formula is C19H17F3N4O3. The molecule has 2 heterocycles. The summed E-state index contributed by atoms with van der Waals surface area (Å²) in [4.78, 5) is 33.3. The number of aromatic nitrogens is 1. The molecule has 10 heteroatoms. The molecule has 0 spiro atoms. The van der Waals surface area contributed by atoms with E-state index >= 15 is 0 Å². The maximum atomic E-state index is 14.0. The summed E-state index contributed by atoms with van der Waals surface area (Å²) in [5.74, 6) is -1.63. The van der Waals surface area contributed by atoms with Crippen LogP contribution in [0.3, 0.4) is 0 Å². The van der Waals surface area contributed by atoms with Gasteiger partial charge in [0.05, 0.1) is 13.2 Å². The van der Waals surface area contributed by atoms with Crippen molar-refractivity contribution in [2.75, 3.05) is 6.61 Å². The number of pyridine rings is 1. The first kappa shape index (κ1) is 20.3. The van der Waals surface area contributed by atoms with Crippen LogP contribution in [0.5, 0.6) is 0 Å². The predicted octanol–water partition coefficient (Wildman–Crippen LogP) is 2.88. The quantitative estimate of drug-likeness (QED) is 0.828. The van der Waals surface area contributed by atoms with Crippen LogP contribution in [-0.4, -0.2) is 46.2 Å². The molecule has 0 unspecified atom stereocenters. The number of halogens is 3. The number of nitrogens with one attached hydrogen (secondary N) is 1. The van der Waals surface area contributed by atoms with E-state index in [1.807, 2.05) is 0 Å². The van der Waals surface area contributed by atoms with Crippen LogP contribution >= 0.6 is 0 Å². The van der Waals surface area contributed by atoms with Gasteiger partial charge in [0.2, 0.25) is 0 Å². The second-order valence-electron chi connectivity index (χ2n) is 6.10. The summed E-state index contributed by atoms with van der Waals surface area (Å²) >= 11 is 0. The van der Waals surface area contributed by atoms with E-state index < -0.39 is 23.8 Å². The van der Waals surface area contributed by atoms with Crippen molar-refractivity contribution in [1.29, 1.82) is 0 Å². The fourth-order valence-corrected chi connectivity index (χ4v) is 2.84. The van der Waals surface area contributed by atoms with Crippen LogP contribution in [0.4, 0.5) is 18.0 Å². The van der Waals surface area contributed by atoms with Crippen molar-refractivity contribution >= 4 is 17.8 Å². The molecule has 2 amide bonds. The fraction of sp³-hybridized carbons (Fsp3) is 0.263. The Morgan fingerprint density at radius 2 is 1.83 bits per heavy atom. The first-order valence-electron chi connectivity index (χ1n) is 8.66. The Labute approximate surface area is 164 Å². The minimum atomic E-state index is -5.19. The zero-order valence-corrected chi connectivity index (χ0v) is 15.3. The molecule has 0 bridgehead atoms. The molecule has 0 saturated carbocycles. The molecule has 1 aliphatic rings. The number of hydrogen-bond acceptors (Lipinski definition) is 5. The van der Waals surface area contributed by atoms with Gasteiger partial charge in [0.25, 0.3) is 5.91 Å². The Bertz CT molecular complexity index is 919. The van der Waals surface area contributed by atoms with Crippen LogP contribution in [0.1, 0.15) is 18.1 Å². The summed E-state index contributed by atoms with van der Waals surface area (Å²) in [6.45, 7) is 1.09. The van der Waals surface area contributed by atoms with Crippen molar-refractivity contribution in [3.63, 3.8) is 0 Å². The van der Waals surface area contributed by atoms with Crippen molar-refractivity contribution in [3.8, 4) is 0 Å². The molecule has 0 aliphatic carbocycles. The number of nitrogens with zero attached hydrogens (tertiary/aromatic N) is 3. The maximum Gasteiger partial charge on any atom is 0.442 e. The van der Waals surface area contributed by atoms with Gasteiger partial charge in [-0.3, -0.25) is 20.0 Å². The molecule has 29 heavy (non-hydrogen) atoms. The number of amidine groups is 1. The molecule has 1 N–H and O–H groups in total. The highest BCUT2D eigenvalue weighted by molar-refractivity contribution is 6.16. The first-order valence-corrected chi connectivity index (χ1v) is 8.66. The van der Waals surface area contributed by atoms with E-state index in [0.717, 1.165) is 4.90 Å². The van der Waals surface area contributed by atoms with Gasteiger partial charge in [-0.15, -0.1) is 0 Å². The molecule has 0 saturated heterocycles. The van der Waals surface area contributed by atoms with Crippen molar-refractivity contribution in [3.05, 3.63) is 66.0 Å². The van der Waals surface area contributed by atoms with Crippen LogP contribution in [-0.2, 0) is 16.1 Å². The first-order chi connectivity index (χ1) is 13.8. The maximum absolute atomic E-state index is 14.0. The molecule has 152 valence electrons. The van der Waals surface area contributed by atoms with Gasteiger partial charge in [-0.25, -0.2) is 9.79 Å². The number of carbonyl (C=O) groups excluding carboxylic acids is 2. The fourth-order valence-electron chi connectivity index (χ4n) is 2.84. The number of aliphatic imine (C=N–C) groups is 1. The van der Waals surface area contributed by atoms with Crippen LogP contribution in [0.15, 0.2) is 59.9 Å². The Morgan fingerprint density at radius 3 is 2.41 bits per heavy atom. The normalized spacial score (nSPS) is 19.1. The number of rotatable bonds is 5. The second kappa shape index (κ2) is 7.90. The Morgan fingerprint density at radius 1 is 1.17 bits per heavy atom. The summed E-state index contributed by atoms with van der Waals surface area (Å²) in [5.41, 5.74) is -2.63. The van der Waals surface area contributed by atoms with Gasteiger partial charge < -0.3 is 4.74 Å². The zero-order valence-electron chi connectivity index (χ0n) is 15.3. The molecule has 1 aromatic heterocycles. The lowest BCUT2D eigenvalue weighted by atomic mass is 10.1. The van der Waals surface area contributed by atoms with E-state index in [1.54, 1.807) is 35.6 Å². The van der Waals surface area contributed by atoms with Gasteiger partial charge in [-0.1, -0.05) is 30.3 Å². The highest BCUT2D eigenvalue weighted by Crippen LogP contribution is 2.39. The minimum Gasteiger partial charge on any atom is -0.450 e. The zero-order chi connectivity index (χ0) is 21.1. The van der Waals surface area contributed by atoms with Crippen LogP contribution in [0.2, 0.25) is 0 Å². The highest BCUT2D eigenvalue weighted by atomic mass is 19.4. The van der Waals surface area contributed by atoms with E-state index in [9.17, 15) is 22.8 Å². The molecule has 3 rings (SSSR count). The van der Waals surface area contributed by atoms with Gasteiger partial charge in [-0.2, -0.15) is 13.2 Å². The van der Waals surface area contributed by atoms with E-state index in [1.165, 1.54) is 31.5 Å². The molecule has 1 aliphatic heterocycles. The number of carbonyl (C=O) groups is 2. The number of hydrogen-bond donors (Lipinski definition) is 1. The number of alkyl halides is 3. The van der Waals surface area contributed by atoms with E-state index in [4.69, 9.17) is 0 Å². The van der Waals surface area contributed by atoms with Crippen molar-refractivity contribution in [1.82, 2.24) is 15.2 Å².